The van der Waals surface area contributed by atoms with E-state index in [9.17, 15) is 32.7 Å². The number of carbonyl (C=O) groups excluding carboxylic acids is 1. The van der Waals surface area contributed by atoms with E-state index in [0.717, 1.165) is 21.3 Å². The summed E-state index contributed by atoms with van der Waals surface area (Å²) in [5, 5.41) is 11.6. The lowest BCUT2D eigenvalue weighted by Gasteiger charge is -2.16. The number of carboxylic acid groups (broad SMARTS) is 1. The molecule has 4 aromatic rings. The van der Waals surface area contributed by atoms with Gasteiger partial charge in [-0.15, -0.1) is 0 Å². The quantitative estimate of drug-likeness (QED) is 0.418. The summed E-state index contributed by atoms with van der Waals surface area (Å²) in [5.41, 5.74) is -0.384. The molecule has 7 nitrogen and oxygen atoms in total. The van der Waals surface area contributed by atoms with Crippen molar-refractivity contribution in [1.82, 2.24) is 14.5 Å². The predicted molar refractivity (Wildman–Crippen MR) is 122 cm³/mol. The summed E-state index contributed by atoms with van der Waals surface area (Å²) in [6.45, 7) is 0. The predicted octanol–water partition coefficient (Wildman–Crippen LogP) is 3.83. The van der Waals surface area contributed by atoms with Crippen molar-refractivity contribution in [2.75, 3.05) is 0 Å². The Bertz CT molecular complexity index is 1510. The van der Waals surface area contributed by atoms with Crippen LogP contribution in [0.5, 0.6) is 0 Å². The summed E-state index contributed by atoms with van der Waals surface area (Å²) < 4.78 is 44.3. The molecule has 0 fully saturated rings. The first-order chi connectivity index (χ1) is 16.6. The van der Waals surface area contributed by atoms with Crippen molar-refractivity contribution in [2.24, 2.45) is 7.05 Å². The van der Waals surface area contributed by atoms with E-state index in [0.29, 0.717) is 11.6 Å². The molecule has 0 spiro atoms. The monoisotopic (exact) mass is 503 g/mol. The molecule has 2 N–H and O–H groups in total. The third kappa shape index (κ3) is 4.52. The summed E-state index contributed by atoms with van der Waals surface area (Å²) in [5.74, 6) is -4.97. The minimum atomic E-state index is -1.41. The largest absolute Gasteiger partial charge is 0.480 e. The molecule has 0 saturated heterocycles. The molecule has 1 heterocycles. The Morgan fingerprint density at radius 1 is 1.06 bits per heavy atom. The smallest absolute Gasteiger partial charge is 0.333 e. The number of amides is 1. The molecule has 1 unspecified atom stereocenters. The number of carboxylic acids is 1. The molecule has 0 aliphatic heterocycles. The van der Waals surface area contributed by atoms with E-state index in [1.807, 2.05) is 0 Å². The number of aromatic nitrogens is 2. The summed E-state index contributed by atoms with van der Waals surface area (Å²) >= 11 is 5.87. The Morgan fingerprint density at radius 2 is 1.74 bits per heavy atom. The average Bonchev–Trinajstić information content (AvgIpc) is 3.04. The molecular weight excluding hydrogens is 487 g/mol. The number of aliphatic carboxylic acids is 1. The maximum absolute atomic E-state index is 14.5. The van der Waals surface area contributed by atoms with Gasteiger partial charge in [0.15, 0.2) is 5.82 Å². The Kier molecular flexibility index (Phi) is 6.40. The molecule has 35 heavy (non-hydrogen) atoms. The van der Waals surface area contributed by atoms with Gasteiger partial charge in [-0.1, -0.05) is 29.8 Å². The highest BCUT2D eigenvalue weighted by atomic mass is 35.5. The number of aryl methyl sites for hydroxylation is 1. The third-order valence-corrected chi connectivity index (χ3v) is 5.81. The highest BCUT2D eigenvalue weighted by Crippen LogP contribution is 2.23. The molecule has 0 bridgehead atoms. The fraction of sp³-hybridized carbons (Fsp3) is 0.125. The zero-order chi connectivity index (χ0) is 25.4. The summed E-state index contributed by atoms with van der Waals surface area (Å²) in [4.78, 5) is 36.9. The molecule has 1 amide bonds. The Morgan fingerprint density at radius 3 is 2.37 bits per heavy atom. The number of nitrogens with zero attached hydrogens (tertiary/aromatic N) is 2. The first-order valence-corrected chi connectivity index (χ1v) is 10.6. The zero-order valence-electron chi connectivity index (χ0n) is 18.1. The normalized spacial score (nSPS) is 12.0. The van der Waals surface area contributed by atoms with Gasteiger partial charge in [-0.25, -0.2) is 22.8 Å². The van der Waals surface area contributed by atoms with E-state index >= 15 is 0 Å². The molecule has 0 aliphatic rings. The molecule has 1 aromatic heterocycles. The second-order valence-electron chi connectivity index (χ2n) is 7.76. The molecule has 3 aromatic carbocycles. The molecule has 1 atom stereocenters. The van der Waals surface area contributed by atoms with Crippen LogP contribution < -0.4 is 11.0 Å². The van der Waals surface area contributed by atoms with Crippen molar-refractivity contribution in [3.05, 3.63) is 98.7 Å². The van der Waals surface area contributed by atoms with Crippen LogP contribution in [0, 0.1) is 17.5 Å². The minimum absolute atomic E-state index is 0.0667. The third-order valence-electron chi connectivity index (χ3n) is 5.50. The number of rotatable bonds is 6. The zero-order valence-corrected chi connectivity index (χ0v) is 18.8. The maximum atomic E-state index is 14.5. The fourth-order valence-electron chi connectivity index (χ4n) is 3.78. The lowest BCUT2D eigenvalue weighted by molar-refractivity contribution is -0.139. The summed E-state index contributed by atoms with van der Waals surface area (Å²) in [7, 11) is 1.39. The second kappa shape index (κ2) is 9.30. The maximum Gasteiger partial charge on any atom is 0.333 e. The van der Waals surface area contributed by atoms with Gasteiger partial charge in [0.25, 0.3) is 5.91 Å². The van der Waals surface area contributed by atoms with Gasteiger partial charge in [0.1, 0.15) is 23.2 Å². The van der Waals surface area contributed by atoms with Crippen molar-refractivity contribution in [3.8, 4) is 5.69 Å². The van der Waals surface area contributed by atoms with Crippen LogP contribution in [-0.2, 0) is 18.3 Å². The van der Waals surface area contributed by atoms with E-state index in [1.54, 1.807) is 0 Å². The number of nitrogens with one attached hydrogen (secondary N) is 1. The van der Waals surface area contributed by atoms with Crippen molar-refractivity contribution in [3.63, 3.8) is 0 Å². The SMILES string of the molecule is Cn1c(=O)n(-c2ccc(CC(NC(=O)c3c(F)cccc3Cl)C(=O)O)cc2)c2c(F)cc(F)cc21. The number of hydrogen-bond acceptors (Lipinski definition) is 3. The van der Waals surface area contributed by atoms with Crippen molar-refractivity contribution in [2.45, 2.75) is 12.5 Å². The highest BCUT2D eigenvalue weighted by molar-refractivity contribution is 6.33. The van der Waals surface area contributed by atoms with E-state index in [4.69, 9.17) is 11.6 Å². The van der Waals surface area contributed by atoms with Crippen LogP contribution in [0.4, 0.5) is 13.2 Å². The highest BCUT2D eigenvalue weighted by Gasteiger charge is 2.24. The van der Waals surface area contributed by atoms with Gasteiger partial charge in [-0.05, 0) is 29.8 Å². The standard InChI is InChI=1S/C24H17ClF3N3O4/c1-30-19-11-13(26)10-17(28)21(19)31(24(30)35)14-7-5-12(6-8-14)9-18(23(33)34)29-22(32)20-15(25)3-2-4-16(20)27/h2-8,10-11,18H,9H2,1H3,(H,29,32)(H,33,34). The Labute approximate surface area is 201 Å². The van der Waals surface area contributed by atoms with Crippen LogP contribution in [0.15, 0.2) is 59.4 Å². The van der Waals surface area contributed by atoms with Gasteiger partial charge in [-0.2, -0.15) is 0 Å². The van der Waals surface area contributed by atoms with Crippen LogP contribution in [0.3, 0.4) is 0 Å². The number of fused-ring (bicyclic) bond motifs is 1. The van der Waals surface area contributed by atoms with Crippen LogP contribution in [-0.4, -0.2) is 32.2 Å². The van der Waals surface area contributed by atoms with Crippen LogP contribution in [0.2, 0.25) is 5.02 Å². The van der Waals surface area contributed by atoms with Gasteiger partial charge in [0, 0.05) is 25.6 Å². The molecule has 11 heteroatoms. The number of carbonyl (C=O) groups is 2. The van der Waals surface area contributed by atoms with E-state index in [1.165, 1.54) is 43.4 Å². The van der Waals surface area contributed by atoms with E-state index in [2.05, 4.69) is 5.32 Å². The molecule has 0 radical (unpaired) electrons. The first kappa shape index (κ1) is 24.1. The van der Waals surface area contributed by atoms with Gasteiger partial charge in [0.2, 0.25) is 0 Å². The lowest BCUT2D eigenvalue weighted by Crippen LogP contribution is -2.42. The van der Waals surface area contributed by atoms with Crippen LogP contribution in [0.25, 0.3) is 16.7 Å². The van der Waals surface area contributed by atoms with E-state index in [-0.39, 0.29) is 28.2 Å². The molecule has 0 aliphatic carbocycles. The number of imidazole rings is 1. The number of halogens is 4. The van der Waals surface area contributed by atoms with Gasteiger partial charge >= 0.3 is 11.7 Å². The number of benzene rings is 3. The molecule has 4 rings (SSSR count). The fourth-order valence-corrected chi connectivity index (χ4v) is 4.03. The topological polar surface area (TPSA) is 93.3 Å². The summed E-state index contributed by atoms with van der Waals surface area (Å²) in [6.07, 6.45) is -0.169. The molecule has 180 valence electrons. The molecule has 0 saturated carbocycles. The van der Waals surface area contributed by atoms with Gasteiger partial charge in [0.05, 0.1) is 21.8 Å². The van der Waals surface area contributed by atoms with Crippen molar-refractivity contribution >= 4 is 34.5 Å². The van der Waals surface area contributed by atoms with Gasteiger partial charge in [-0.3, -0.25) is 13.9 Å². The summed E-state index contributed by atoms with van der Waals surface area (Å²) in [6, 6.07) is 9.89. The van der Waals surface area contributed by atoms with Gasteiger partial charge < -0.3 is 10.4 Å². The Hall–Kier alpha value is -4.05. The van der Waals surface area contributed by atoms with Crippen LogP contribution in [0.1, 0.15) is 15.9 Å². The van der Waals surface area contributed by atoms with Crippen molar-refractivity contribution in [1.29, 1.82) is 0 Å². The Balaban J connectivity index is 1.62. The molecular formula is C24H17ClF3N3O4. The van der Waals surface area contributed by atoms with Crippen LogP contribution >= 0.6 is 11.6 Å². The first-order valence-electron chi connectivity index (χ1n) is 10.2. The second-order valence-corrected chi connectivity index (χ2v) is 8.17. The van der Waals surface area contributed by atoms with E-state index < -0.39 is 46.6 Å². The van der Waals surface area contributed by atoms with Crippen molar-refractivity contribution < 1.29 is 27.9 Å². The minimum Gasteiger partial charge on any atom is -0.480 e. The average molecular weight is 504 g/mol. The lowest BCUT2D eigenvalue weighted by atomic mass is 10.0. The number of hydrogen-bond donors (Lipinski definition) is 2.